The van der Waals surface area contributed by atoms with Gasteiger partial charge >= 0.3 is 0 Å². The van der Waals surface area contributed by atoms with Gasteiger partial charge in [-0.3, -0.25) is 0 Å². The first-order chi connectivity index (χ1) is 8.22. The normalized spacial score (nSPS) is 21.7. The summed E-state index contributed by atoms with van der Waals surface area (Å²) in [5, 5.41) is 4.85. The molecule has 2 rings (SSSR count). The lowest BCUT2D eigenvalue weighted by molar-refractivity contribution is 0.401. The van der Waals surface area contributed by atoms with E-state index >= 15 is 0 Å². The molecule has 1 aliphatic heterocycles. The van der Waals surface area contributed by atoms with E-state index in [-0.39, 0.29) is 0 Å². The first-order valence-corrected chi connectivity index (χ1v) is 7.89. The van der Waals surface area contributed by atoms with Gasteiger partial charge in [0.05, 0.1) is 10.0 Å². The van der Waals surface area contributed by atoms with Gasteiger partial charge in [0.15, 0.2) is 0 Å². The van der Waals surface area contributed by atoms with Crippen LogP contribution in [0.2, 0.25) is 10.0 Å². The highest BCUT2D eigenvalue weighted by Crippen LogP contribution is 2.36. The Morgan fingerprint density at radius 1 is 1.41 bits per heavy atom. The number of thioether (sulfide) groups is 1. The summed E-state index contributed by atoms with van der Waals surface area (Å²) in [7, 11) is 0. The Morgan fingerprint density at radius 2 is 2.24 bits per heavy atom. The molecule has 0 aliphatic carbocycles. The second-order valence-corrected chi connectivity index (χ2v) is 6.30. The molecule has 0 bridgehead atoms. The fourth-order valence-electron chi connectivity index (χ4n) is 2.30. The molecule has 94 valence electrons. The molecule has 17 heavy (non-hydrogen) atoms. The average Bonchev–Trinajstić information content (AvgIpc) is 2.83. The van der Waals surface area contributed by atoms with Crippen LogP contribution >= 0.6 is 35.0 Å². The third-order valence-electron chi connectivity index (χ3n) is 3.16. The Hall–Kier alpha value is 0.110. The van der Waals surface area contributed by atoms with Crippen LogP contribution in [0.4, 0.5) is 0 Å². The zero-order chi connectivity index (χ0) is 12.3. The molecule has 1 fully saturated rings. The lowest BCUT2D eigenvalue weighted by Gasteiger charge is -2.24. The van der Waals surface area contributed by atoms with E-state index in [1.165, 1.54) is 23.5 Å². The minimum Gasteiger partial charge on any atom is -0.310 e. The van der Waals surface area contributed by atoms with Crippen molar-refractivity contribution in [2.45, 2.75) is 19.4 Å². The number of benzene rings is 1. The smallest absolute Gasteiger partial charge is 0.0595 e. The van der Waals surface area contributed by atoms with E-state index < -0.39 is 0 Å². The van der Waals surface area contributed by atoms with Gasteiger partial charge in [-0.05, 0) is 48.1 Å². The van der Waals surface area contributed by atoms with Gasteiger partial charge in [-0.25, -0.2) is 0 Å². The topological polar surface area (TPSA) is 12.0 Å². The summed E-state index contributed by atoms with van der Waals surface area (Å²) in [6, 6.07) is 6.39. The van der Waals surface area contributed by atoms with E-state index in [4.69, 9.17) is 23.2 Å². The van der Waals surface area contributed by atoms with Crippen LogP contribution in [0, 0.1) is 5.92 Å². The molecule has 1 heterocycles. The molecule has 1 nitrogen and oxygen atoms in total. The van der Waals surface area contributed by atoms with Crippen LogP contribution in [0.1, 0.15) is 24.9 Å². The van der Waals surface area contributed by atoms with Gasteiger partial charge in [-0.15, -0.1) is 0 Å². The minimum absolute atomic E-state index is 0.407. The molecular weight excluding hydrogens is 273 g/mol. The average molecular weight is 290 g/mol. The first kappa shape index (κ1) is 13.5. The molecular formula is C13H17Cl2NS. The van der Waals surface area contributed by atoms with Crippen LogP contribution in [-0.4, -0.2) is 18.1 Å². The van der Waals surface area contributed by atoms with Crippen LogP contribution in [0.5, 0.6) is 0 Å². The third kappa shape index (κ3) is 3.31. The lowest BCUT2D eigenvalue weighted by Crippen LogP contribution is -2.28. The summed E-state index contributed by atoms with van der Waals surface area (Å²) in [4.78, 5) is 0. The number of hydrogen-bond acceptors (Lipinski definition) is 2. The van der Waals surface area contributed by atoms with Crippen molar-refractivity contribution in [1.82, 2.24) is 5.32 Å². The quantitative estimate of drug-likeness (QED) is 0.882. The van der Waals surface area contributed by atoms with Crippen LogP contribution in [0.25, 0.3) is 0 Å². The zero-order valence-electron chi connectivity index (χ0n) is 9.88. The van der Waals surface area contributed by atoms with E-state index in [1.54, 1.807) is 0 Å². The number of rotatable bonds is 4. The van der Waals surface area contributed by atoms with Crippen molar-refractivity contribution >= 4 is 35.0 Å². The molecule has 4 heteroatoms. The van der Waals surface area contributed by atoms with Crippen molar-refractivity contribution < 1.29 is 0 Å². The second kappa shape index (κ2) is 6.33. The molecule has 2 unspecified atom stereocenters. The maximum atomic E-state index is 6.10. The van der Waals surface area contributed by atoms with Gasteiger partial charge in [-0.2, -0.15) is 11.8 Å². The standard InChI is InChI=1S/C13H17Cl2NS/c1-2-16-13(10-5-6-17-8-10)9-3-4-11(14)12(15)7-9/h3-4,7,10,13,16H,2,5-6,8H2,1H3. The van der Waals surface area contributed by atoms with Crippen LogP contribution in [-0.2, 0) is 0 Å². The second-order valence-electron chi connectivity index (χ2n) is 4.33. The third-order valence-corrected chi connectivity index (χ3v) is 5.09. The minimum atomic E-state index is 0.407. The van der Waals surface area contributed by atoms with E-state index in [0.717, 1.165) is 6.54 Å². The van der Waals surface area contributed by atoms with Crippen molar-refractivity contribution in [3.05, 3.63) is 33.8 Å². The Labute approximate surface area is 117 Å². The van der Waals surface area contributed by atoms with Gasteiger partial charge in [0.25, 0.3) is 0 Å². The maximum absolute atomic E-state index is 6.10. The maximum Gasteiger partial charge on any atom is 0.0595 e. The van der Waals surface area contributed by atoms with Crippen molar-refractivity contribution in [3.8, 4) is 0 Å². The van der Waals surface area contributed by atoms with E-state index in [2.05, 4.69) is 18.3 Å². The van der Waals surface area contributed by atoms with Crippen molar-refractivity contribution in [2.24, 2.45) is 5.92 Å². The Morgan fingerprint density at radius 3 is 2.82 bits per heavy atom. The largest absolute Gasteiger partial charge is 0.310 e. The number of nitrogens with one attached hydrogen (secondary N) is 1. The van der Waals surface area contributed by atoms with Crippen LogP contribution in [0.15, 0.2) is 18.2 Å². The predicted molar refractivity (Wildman–Crippen MR) is 78.3 cm³/mol. The monoisotopic (exact) mass is 289 g/mol. The summed E-state index contributed by atoms with van der Waals surface area (Å²) in [5.41, 5.74) is 1.26. The Bertz CT molecular complexity index is 378. The molecule has 1 aromatic carbocycles. The van der Waals surface area contributed by atoms with E-state index in [9.17, 15) is 0 Å². The number of hydrogen-bond donors (Lipinski definition) is 1. The molecule has 0 radical (unpaired) electrons. The highest BCUT2D eigenvalue weighted by molar-refractivity contribution is 7.99. The van der Waals surface area contributed by atoms with Gasteiger partial charge in [-0.1, -0.05) is 36.2 Å². The molecule has 0 spiro atoms. The molecule has 2 atom stereocenters. The molecule has 1 aliphatic rings. The Kier molecular flexibility index (Phi) is 5.04. The highest BCUT2D eigenvalue weighted by Gasteiger charge is 2.26. The van der Waals surface area contributed by atoms with Crippen LogP contribution in [0.3, 0.4) is 0 Å². The van der Waals surface area contributed by atoms with Gasteiger partial charge in [0.1, 0.15) is 0 Å². The van der Waals surface area contributed by atoms with Gasteiger partial charge in [0.2, 0.25) is 0 Å². The van der Waals surface area contributed by atoms with Crippen molar-refractivity contribution in [2.75, 3.05) is 18.1 Å². The molecule has 0 aromatic heterocycles. The fraction of sp³-hybridized carbons (Fsp3) is 0.538. The zero-order valence-corrected chi connectivity index (χ0v) is 12.2. The molecule has 1 aromatic rings. The van der Waals surface area contributed by atoms with Crippen molar-refractivity contribution in [3.63, 3.8) is 0 Å². The van der Waals surface area contributed by atoms with Gasteiger partial charge < -0.3 is 5.32 Å². The predicted octanol–water partition coefficient (Wildman–Crippen LogP) is 4.40. The summed E-state index contributed by atoms with van der Waals surface area (Å²) < 4.78 is 0. The highest BCUT2D eigenvalue weighted by atomic mass is 35.5. The molecule has 0 amide bonds. The van der Waals surface area contributed by atoms with Crippen molar-refractivity contribution in [1.29, 1.82) is 0 Å². The summed E-state index contributed by atoms with van der Waals surface area (Å²) in [5.74, 6) is 3.21. The summed E-state index contributed by atoms with van der Waals surface area (Å²) >= 11 is 14.1. The molecule has 1 N–H and O–H groups in total. The molecule has 1 saturated heterocycles. The lowest BCUT2D eigenvalue weighted by atomic mass is 9.92. The number of halogens is 2. The van der Waals surface area contributed by atoms with E-state index in [1.807, 2.05) is 23.9 Å². The molecule has 0 saturated carbocycles. The fourth-order valence-corrected chi connectivity index (χ4v) is 3.90. The summed E-state index contributed by atoms with van der Waals surface area (Å²) in [6.45, 7) is 3.12. The van der Waals surface area contributed by atoms with Crippen LogP contribution < -0.4 is 5.32 Å². The summed E-state index contributed by atoms with van der Waals surface area (Å²) in [6.07, 6.45) is 1.28. The SMILES string of the molecule is CCNC(c1ccc(Cl)c(Cl)c1)C1CCSC1. The first-order valence-electron chi connectivity index (χ1n) is 5.98. The Balaban J connectivity index is 2.21. The van der Waals surface area contributed by atoms with Gasteiger partial charge in [0, 0.05) is 6.04 Å². The van der Waals surface area contributed by atoms with E-state index in [0.29, 0.717) is 22.0 Å².